The van der Waals surface area contributed by atoms with Crippen molar-refractivity contribution in [2.45, 2.75) is 45.8 Å². The van der Waals surface area contributed by atoms with E-state index in [1.807, 2.05) is 55.5 Å². The molecule has 1 aromatic heterocycles. The Kier molecular flexibility index (Phi) is 9.06. The molecule has 1 fully saturated rings. The average molecular weight is 610 g/mol. The van der Waals surface area contributed by atoms with Crippen molar-refractivity contribution in [3.8, 4) is 16.8 Å². The van der Waals surface area contributed by atoms with E-state index in [1.54, 1.807) is 36.4 Å². The molecule has 4 aromatic rings. The SMILES string of the molecule is Cc1cc(C(N)=O)nn1-c1ccc(Cc2ccc(-c3ccc(C(=O)N4CCN(C(=O)OC(C)(C)C)[C@@H](CO)C4)cc3)cc2)cc1. The molecule has 1 aliphatic rings. The van der Waals surface area contributed by atoms with Gasteiger partial charge in [-0.1, -0.05) is 48.5 Å². The largest absolute Gasteiger partial charge is 0.444 e. The van der Waals surface area contributed by atoms with Gasteiger partial charge >= 0.3 is 6.09 Å². The fraction of sp³-hybridized carbons (Fsp3) is 0.314. The van der Waals surface area contributed by atoms with E-state index < -0.39 is 23.6 Å². The van der Waals surface area contributed by atoms with Crippen molar-refractivity contribution in [3.05, 3.63) is 107 Å². The van der Waals surface area contributed by atoms with E-state index in [1.165, 1.54) is 4.90 Å². The third-order valence-electron chi connectivity index (χ3n) is 7.76. The number of piperazine rings is 1. The van der Waals surface area contributed by atoms with Crippen LogP contribution in [0, 0.1) is 6.92 Å². The van der Waals surface area contributed by atoms with E-state index in [0.29, 0.717) is 18.7 Å². The van der Waals surface area contributed by atoms with Crippen molar-refractivity contribution in [1.82, 2.24) is 19.6 Å². The van der Waals surface area contributed by atoms with Crippen molar-refractivity contribution < 1.29 is 24.2 Å². The number of amides is 3. The minimum Gasteiger partial charge on any atom is -0.444 e. The second-order valence-electron chi connectivity index (χ2n) is 12.3. The molecule has 10 heteroatoms. The summed E-state index contributed by atoms with van der Waals surface area (Å²) >= 11 is 0. The topological polar surface area (TPSA) is 131 Å². The molecule has 1 atom stereocenters. The molecule has 10 nitrogen and oxygen atoms in total. The maximum atomic E-state index is 13.3. The molecule has 234 valence electrons. The highest BCUT2D eigenvalue weighted by molar-refractivity contribution is 5.95. The van der Waals surface area contributed by atoms with Crippen molar-refractivity contribution in [2.75, 3.05) is 26.2 Å². The molecule has 0 bridgehead atoms. The van der Waals surface area contributed by atoms with Crippen molar-refractivity contribution in [3.63, 3.8) is 0 Å². The number of hydrogen-bond acceptors (Lipinski definition) is 6. The maximum Gasteiger partial charge on any atom is 0.410 e. The molecule has 2 heterocycles. The second-order valence-corrected chi connectivity index (χ2v) is 12.3. The fourth-order valence-electron chi connectivity index (χ4n) is 5.41. The van der Waals surface area contributed by atoms with Crippen LogP contribution in [-0.4, -0.2) is 80.5 Å². The number of aliphatic hydroxyl groups excluding tert-OH is 1. The van der Waals surface area contributed by atoms with Crippen LogP contribution < -0.4 is 5.73 Å². The van der Waals surface area contributed by atoms with E-state index in [4.69, 9.17) is 10.5 Å². The van der Waals surface area contributed by atoms with Crippen molar-refractivity contribution >= 4 is 17.9 Å². The lowest BCUT2D eigenvalue weighted by Crippen LogP contribution is -2.58. The number of ether oxygens (including phenoxy) is 1. The summed E-state index contributed by atoms with van der Waals surface area (Å²) in [4.78, 5) is 40.5. The molecule has 3 aromatic carbocycles. The van der Waals surface area contributed by atoms with E-state index in [2.05, 4.69) is 29.4 Å². The number of carbonyl (C=O) groups excluding carboxylic acids is 3. The highest BCUT2D eigenvalue weighted by atomic mass is 16.6. The van der Waals surface area contributed by atoms with Crippen LogP contribution in [0.3, 0.4) is 0 Å². The molecule has 1 saturated heterocycles. The Hall–Kier alpha value is -4.96. The van der Waals surface area contributed by atoms with Gasteiger partial charge in [0.25, 0.3) is 11.8 Å². The molecular weight excluding hydrogens is 570 g/mol. The Morgan fingerprint density at radius 1 is 0.911 bits per heavy atom. The van der Waals surface area contributed by atoms with Gasteiger partial charge in [0.05, 0.1) is 18.3 Å². The van der Waals surface area contributed by atoms with Gasteiger partial charge in [-0.15, -0.1) is 0 Å². The number of carbonyl (C=O) groups is 3. The van der Waals surface area contributed by atoms with Gasteiger partial charge in [0.2, 0.25) is 0 Å². The Bertz CT molecular complexity index is 1670. The van der Waals surface area contributed by atoms with Gasteiger partial charge < -0.3 is 20.5 Å². The number of nitrogens with zero attached hydrogens (tertiary/aromatic N) is 4. The molecule has 0 radical (unpaired) electrons. The van der Waals surface area contributed by atoms with Crippen LogP contribution in [0.15, 0.2) is 78.9 Å². The standard InChI is InChI=1S/C35H39N5O5/c1-23-19-31(32(36)42)37-40(23)29-15-7-25(8-16-29)20-24-5-9-26(10-6-24)27-11-13-28(14-12-27)33(43)38-17-18-39(30(21-38)22-41)34(44)45-35(2,3)4/h5-16,19,30,41H,17-18,20-22H2,1-4H3,(H2,36,42)/t30-/m1/s1. The zero-order valence-corrected chi connectivity index (χ0v) is 26.1. The van der Waals surface area contributed by atoms with Gasteiger partial charge in [0.15, 0.2) is 5.69 Å². The predicted octanol–water partition coefficient (Wildman–Crippen LogP) is 4.59. The van der Waals surface area contributed by atoms with Crippen LogP contribution in [0.25, 0.3) is 16.8 Å². The molecule has 0 unspecified atom stereocenters. The quantitative estimate of drug-likeness (QED) is 0.315. The van der Waals surface area contributed by atoms with E-state index >= 15 is 0 Å². The first-order valence-electron chi connectivity index (χ1n) is 15.0. The molecular formula is C35H39N5O5. The first-order chi connectivity index (χ1) is 21.4. The summed E-state index contributed by atoms with van der Waals surface area (Å²) in [6.45, 7) is 7.91. The number of primary amides is 1. The van der Waals surface area contributed by atoms with Crippen molar-refractivity contribution in [1.29, 1.82) is 0 Å². The Morgan fingerprint density at radius 3 is 2.02 bits per heavy atom. The molecule has 3 N–H and O–H groups in total. The molecule has 0 aliphatic carbocycles. The Morgan fingerprint density at radius 2 is 1.49 bits per heavy atom. The highest BCUT2D eigenvalue weighted by Crippen LogP contribution is 2.24. The van der Waals surface area contributed by atoms with Crippen LogP contribution in [0.4, 0.5) is 4.79 Å². The van der Waals surface area contributed by atoms with Crippen molar-refractivity contribution in [2.24, 2.45) is 5.73 Å². The third kappa shape index (κ3) is 7.41. The number of hydrogen-bond donors (Lipinski definition) is 2. The molecule has 5 rings (SSSR count). The number of aryl methyl sites for hydroxylation is 1. The number of aromatic nitrogens is 2. The lowest BCUT2D eigenvalue weighted by atomic mass is 9.99. The molecule has 45 heavy (non-hydrogen) atoms. The zero-order chi connectivity index (χ0) is 32.3. The summed E-state index contributed by atoms with van der Waals surface area (Å²) in [6, 6.07) is 25.0. The van der Waals surface area contributed by atoms with Gasteiger partial charge in [-0.25, -0.2) is 9.48 Å². The van der Waals surface area contributed by atoms with Gasteiger partial charge in [-0.3, -0.25) is 14.5 Å². The Labute approximate surface area is 263 Å². The number of rotatable bonds is 7. The molecule has 1 aliphatic heterocycles. The first-order valence-corrected chi connectivity index (χ1v) is 15.0. The highest BCUT2D eigenvalue weighted by Gasteiger charge is 2.34. The smallest absolute Gasteiger partial charge is 0.410 e. The minimum atomic E-state index is -0.639. The summed E-state index contributed by atoms with van der Waals surface area (Å²) in [6.07, 6.45) is 0.276. The molecule has 0 spiro atoms. The lowest BCUT2D eigenvalue weighted by molar-refractivity contribution is -0.00984. The maximum absolute atomic E-state index is 13.3. The van der Waals surface area contributed by atoms with Crippen LogP contribution in [0.1, 0.15) is 58.4 Å². The third-order valence-corrected chi connectivity index (χ3v) is 7.76. The first kappa shape index (κ1) is 31.5. The predicted molar refractivity (Wildman–Crippen MR) is 171 cm³/mol. The molecule has 0 saturated carbocycles. The summed E-state index contributed by atoms with van der Waals surface area (Å²) < 4.78 is 7.17. The zero-order valence-electron chi connectivity index (χ0n) is 26.1. The van der Waals surface area contributed by atoms with Gasteiger partial charge in [-0.2, -0.15) is 5.10 Å². The summed E-state index contributed by atoms with van der Waals surface area (Å²) in [5.41, 5.74) is 11.5. The summed E-state index contributed by atoms with van der Waals surface area (Å²) in [5, 5.41) is 14.2. The van der Waals surface area contributed by atoms with Gasteiger partial charge in [-0.05, 0) is 86.7 Å². The van der Waals surface area contributed by atoms with Crippen LogP contribution in [0.2, 0.25) is 0 Å². The summed E-state index contributed by atoms with van der Waals surface area (Å²) in [7, 11) is 0. The number of nitrogens with two attached hydrogens (primary N) is 1. The fourth-order valence-corrected chi connectivity index (χ4v) is 5.41. The minimum absolute atomic E-state index is 0.138. The average Bonchev–Trinajstić information content (AvgIpc) is 3.42. The van der Waals surface area contributed by atoms with Gasteiger partial charge in [0, 0.05) is 30.9 Å². The number of aliphatic hydroxyl groups is 1. The summed E-state index contributed by atoms with van der Waals surface area (Å²) in [5.74, 6) is -0.688. The van der Waals surface area contributed by atoms with Crippen LogP contribution in [0.5, 0.6) is 0 Å². The molecule has 3 amide bonds. The van der Waals surface area contributed by atoms with E-state index in [-0.39, 0.29) is 24.8 Å². The Balaban J connectivity index is 1.19. The normalized spacial score (nSPS) is 15.2. The van der Waals surface area contributed by atoms with E-state index in [0.717, 1.165) is 40.1 Å². The second kappa shape index (κ2) is 13.0. The monoisotopic (exact) mass is 609 g/mol. The van der Waals surface area contributed by atoms with Crippen LogP contribution in [-0.2, 0) is 11.2 Å². The van der Waals surface area contributed by atoms with Gasteiger partial charge in [0.1, 0.15) is 5.60 Å². The number of benzene rings is 3. The lowest BCUT2D eigenvalue weighted by Gasteiger charge is -2.41. The van der Waals surface area contributed by atoms with E-state index in [9.17, 15) is 19.5 Å². The van der Waals surface area contributed by atoms with Crippen LogP contribution >= 0.6 is 0 Å².